The van der Waals surface area contributed by atoms with Gasteiger partial charge in [-0.1, -0.05) is 0 Å². The van der Waals surface area contributed by atoms with Crippen molar-refractivity contribution < 1.29 is 4.74 Å². The highest BCUT2D eigenvalue weighted by Crippen LogP contribution is 2.36. The smallest absolute Gasteiger partial charge is 0.119 e. The van der Waals surface area contributed by atoms with Crippen molar-refractivity contribution in [2.75, 3.05) is 19.1 Å². The standard InChI is InChI=1S/C24H23N5OS/c1-17(25-2)24(29-16-27-12-10-22(29)18-5-4-11-26-14-18)19-13-23(31-15-19)28-20-6-8-21(30-3)9-7-20/h4-15,28H,2,16H2,1,3H3/b24-17-. The van der Waals surface area contributed by atoms with E-state index >= 15 is 0 Å². The van der Waals surface area contributed by atoms with E-state index in [0.717, 1.165) is 44.7 Å². The Kier molecular flexibility index (Phi) is 6.24. The van der Waals surface area contributed by atoms with Crippen molar-refractivity contribution in [3.8, 4) is 5.75 Å². The zero-order chi connectivity index (χ0) is 21.6. The first-order valence-electron chi connectivity index (χ1n) is 9.75. The summed E-state index contributed by atoms with van der Waals surface area (Å²) < 4.78 is 5.23. The van der Waals surface area contributed by atoms with Crippen molar-refractivity contribution in [1.82, 2.24) is 9.88 Å². The normalized spacial score (nSPS) is 14.0. The van der Waals surface area contributed by atoms with Crippen LogP contribution in [0.2, 0.25) is 0 Å². The van der Waals surface area contributed by atoms with E-state index in [2.05, 4.69) is 43.3 Å². The zero-order valence-corrected chi connectivity index (χ0v) is 18.3. The van der Waals surface area contributed by atoms with Gasteiger partial charge in [-0.25, -0.2) is 0 Å². The lowest BCUT2D eigenvalue weighted by Gasteiger charge is -2.30. The number of nitrogens with one attached hydrogen (secondary N) is 1. The fourth-order valence-electron chi connectivity index (χ4n) is 3.35. The molecule has 0 fully saturated rings. The Morgan fingerprint density at radius 3 is 2.81 bits per heavy atom. The molecule has 0 radical (unpaired) electrons. The highest BCUT2D eigenvalue weighted by Gasteiger charge is 2.22. The average molecular weight is 430 g/mol. The van der Waals surface area contributed by atoms with E-state index in [0.29, 0.717) is 6.67 Å². The van der Waals surface area contributed by atoms with Crippen LogP contribution in [0.15, 0.2) is 82.0 Å². The van der Waals surface area contributed by atoms with Gasteiger partial charge in [0.15, 0.2) is 0 Å². The number of pyridine rings is 1. The number of nitrogens with zero attached hydrogens (tertiary/aromatic N) is 4. The Balaban J connectivity index is 1.66. The molecule has 0 spiro atoms. The van der Waals surface area contributed by atoms with Crippen LogP contribution in [0.4, 0.5) is 10.7 Å². The van der Waals surface area contributed by atoms with Gasteiger partial charge in [-0.05, 0) is 62.2 Å². The minimum atomic E-state index is 0.500. The van der Waals surface area contributed by atoms with Gasteiger partial charge in [0.25, 0.3) is 0 Å². The van der Waals surface area contributed by atoms with Crippen molar-refractivity contribution in [3.05, 3.63) is 83.1 Å². The highest BCUT2D eigenvalue weighted by molar-refractivity contribution is 7.14. The molecule has 0 saturated heterocycles. The van der Waals surface area contributed by atoms with E-state index in [1.165, 1.54) is 0 Å². The SMILES string of the molecule is C=N/C(C)=C(/c1csc(Nc2ccc(OC)cc2)c1)N1CN=CC=C1c1cccnc1. The number of hydrogen-bond acceptors (Lipinski definition) is 7. The zero-order valence-electron chi connectivity index (χ0n) is 17.4. The largest absolute Gasteiger partial charge is 0.497 e. The summed E-state index contributed by atoms with van der Waals surface area (Å²) in [6.07, 6.45) is 7.46. The Morgan fingerprint density at radius 2 is 2.10 bits per heavy atom. The van der Waals surface area contributed by atoms with E-state index < -0.39 is 0 Å². The van der Waals surface area contributed by atoms with Gasteiger partial charge < -0.3 is 15.0 Å². The lowest BCUT2D eigenvalue weighted by atomic mass is 10.1. The van der Waals surface area contributed by atoms with Crippen LogP contribution in [0.1, 0.15) is 18.1 Å². The van der Waals surface area contributed by atoms with E-state index in [1.807, 2.05) is 61.8 Å². The molecule has 1 N–H and O–H groups in total. The second kappa shape index (κ2) is 9.40. The van der Waals surface area contributed by atoms with Crippen LogP contribution >= 0.6 is 11.3 Å². The molecule has 4 rings (SSSR count). The van der Waals surface area contributed by atoms with Crippen LogP contribution in [-0.4, -0.2) is 36.6 Å². The summed E-state index contributed by atoms with van der Waals surface area (Å²) in [6.45, 7) is 6.23. The molecule has 1 aliphatic rings. The second-order valence-electron chi connectivity index (χ2n) is 6.84. The number of anilines is 2. The van der Waals surface area contributed by atoms with E-state index in [9.17, 15) is 0 Å². The maximum absolute atomic E-state index is 5.23. The number of hydrogen-bond donors (Lipinski definition) is 1. The molecule has 31 heavy (non-hydrogen) atoms. The molecule has 0 aliphatic carbocycles. The fourth-order valence-corrected chi connectivity index (χ4v) is 4.16. The predicted molar refractivity (Wildman–Crippen MR) is 130 cm³/mol. The van der Waals surface area contributed by atoms with Crippen molar-refractivity contribution in [1.29, 1.82) is 0 Å². The number of allylic oxidation sites excluding steroid dienone is 2. The van der Waals surface area contributed by atoms with Gasteiger partial charge >= 0.3 is 0 Å². The molecule has 156 valence electrons. The number of aliphatic imine (C=N–C) groups is 2. The number of aromatic nitrogens is 1. The van der Waals surface area contributed by atoms with Crippen LogP contribution in [0.5, 0.6) is 5.75 Å². The van der Waals surface area contributed by atoms with E-state index in [4.69, 9.17) is 4.74 Å². The summed E-state index contributed by atoms with van der Waals surface area (Å²) in [7, 11) is 1.66. The van der Waals surface area contributed by atoms with Gasteiger partial charge in [-0.15, -0.1) is 11.3 Å². The number of rotatable bonds is 7. The number of methoxy groups -OCH3 is 1. The van der Waals surface area contributed by atoms with Crippen LogP contribution in [-0.2, 0) is 0 Å². The minimum absolute atomic E-state index is 0.500. The molecule has 0 saturated carbocycles. The summed E-state index contributed by atoms with van der Waals surface area (Å²) in [5, 5.41) is 6.60. The van der Waals surface area contributed by atoms with Crippen molar-refractivity contribution in [2.24, 2.45) is 9.98 Å². The molecular formula is C24H23N5OS. The third-order valence-electron chi connectivity index (χ3n) is 4.89. The first-order valence-corrected chi connectivity index (χ1v) is 10.6. The summed E-state index contributed by atoms with van der Waals surface area (Å²) in [5.74, 6) is 0.829. The van der Waals surface area contributed by atoms with Crippen molar-refractivity contribution >= 4 is 46.4 Å². The van der Waals surface area contributed by atoms with Gasteiger partial charge in [0.2, 0.25) is 0 Å². The van der Waals surface area contributed by atoms with Gasteiger partial charge in [-0.3, -0.25) is 15.0 Å². The molecule has 0 amide bonds. The molecule has 1 aromatic carbocycles. The molecule has 6 nitrogen and oxygen atoms in total. The molecule has 3 aromatic rings. The molecule has 0 atom stereocenters. The average Bonchev–Trinajstić information content (AvgIpc) is 3.28. The molecule has 0 bridgehead atoms. The molecule has 3 heterocycles. The lowest BCUT2D eigenvalue weighted by Crippen LogP contribution is -2.24. The third kappa shape index (κ3) is 4.57. The van der Waals surface area contributed by atoms with Crippen LogP contribution in [0.25, 0.3) is 11.4 Å². The van der Waals surface area contributed by atoms with Gasteiger partial charge in [0.05, 0.1) is 29.2 Å². The first-order chi connectivity index (χ1) is 15.2. The Hall–Kier alpha value is -3.71. The lowest BCUT2D eigenvalue weighted by molar-refractivity contribution is 0.415. The van der Waals surface area contributed by atoms with Crippen LogP contribution in [0.3, 0.4) is 0 Å². The maximum atomic E-state index is 5.23. The quantitative estimate of drug-likeness (QED) is 0.492. The fraction of sp³-hybridized carbons (Fsp3) is 0.125. The van der Waals surface area contributed by atoms with Gasteiger partial charge in [-0.2, -0.15) is 0 Å². The van der Waals surface area contributed by atoms with Crippen molar-refractivity contribution in [2.45, 2.75) is 6.92 Å². The molecule has 1 aliphatic heterocycles. The molecule has 0 unspecified atom stereocenters. The van der Waals surface area contributed by atoms with Crippen LogP contribution in [0, 0.1) is 0 Å². The summed E-state index contributed by atoms with van der Waals surface area (Å²) in [5.41, 5.74) is 5.91. The summed E-state index contributed by atoms with van der Waals surface area (Å²) in [6, 6.07) is 14.0. The van der Waals surface area contributed by atoms with Crippen molar-refractivity contribution in [3.63, 3.8) is 0 Å². The molecule has 7 heteroatoms. The monoisotopic (exact) mass is 429 g/mol. The number of benzene rings is 1. The van der Waals surface area contributed by atoms with Crippen LogP contribution < -0.4 is 10.1 Å². The number of thiophene rings is 1. The summed E-state index contributed by atoms with van der Waals surface area (Å²) >= 11 is 1.64. The van der Waals surface area contributed by atoms with E-state index in [-0.39, 0.29) is 0 Å². The third-order valence-corrected chi connectivity index (χ3v) is 5.73. The summed E-state index contributed by atoms with van der Waals surface area (Å²) in [4.78, 5) is 15.1. The molecular weight excluding hydrogens is 406 g/mol. The minimum Gasteiger partial charge on any atom is -0.497 e. The van der Waals surface area contributed by atoms with Gasteiger partial charge in [0.1, 0.15) is 12.4 Å². The Bertz CT molecular complexity index is 1150. The second-order valence-corrected chi connectivity index (χ2v) is 7.75. The highest BCUT2D eigenvalue weighted by atomic mass is 32.1. The Labute approximate surface area is 186 Å². The predicted octanol–water partition coefficient (Wildman–Crippen LogP) is 5.67. The van der Waals surface area contributed by atoms with Gasteiger partial charge in [0, 0.05) is 40.8 Å². The topological polar surface area (TPSA) is 62.1 Å². The van der Waals surface area contributed by atoms with E-state index in [1.54, 1.807) is 24.6 Å². The number of ether oxygens (including phenoxy) is 1. The molecule has 2 aromatic heterocycles. The Morgan fingerprint density at radius 1 is 1.26 bits per heavy atom. The first kappa shape index (κ1) is 20.6. The maximum Gasteiger partial charge on any atom is 0.119 e.